The van der Waals surface area contributed by atoms with Crippen molar-refractivity contribution in [3.8, 4) is 0 Å². The summed E-state index contributed by atoms with van der Waals surface area (Å²) in [5.74, 6) is 0. The molecule has 4 nitrogen and oxygen atoms in total. The highest BCUT2D eigenvalue weighted by atomic mass is 32.2. The molecule has 0 N–H and O–H groups in total. The van der Waals surface area contributed by atoms with Gasteiger partial charge in [-0.1, -0.05) is 33.1 Å². The Morgan fingerprint density at radius 3 is 1.62 bits per heavy atom. The van der Waals surface area contributed by atoms with Crippen LogP contribution in [0.1, 0.15) is 71.6 Å². The van der Waals surface area contributed by atoms with Gasteiger partial charge in [0.2, 0.25) is 0 Å². The van der Waals surface area contributed by atoms with Gasteiger partial charge in [-0.15, -0.1) is 0 Å². The standard InChI is InChI=1S/C15H32N.CHF3O3S/c1-3-5-7-9-13-16(12-8-6-4-2)14-10-11-15-16;2-1(3,4)8(5,6)7/h3-15H2,1-2H3;(H,5,6,7)/q+1;/p-1. The summed E-state index contributed by atoms with van der Waals surface area (Å²) >= 11 is 0. The van der Waals surface area contributed by atoms with Crippen LogP contribution in [0.5, 0.6) is 0 Å². The average Bonchev–Trinajstić information content (AvgIpc) is 2.92. The highest BCUT2D eigenvalue weighted by Gasteiger charge is 2.37. The van der Waals surface area contributed by atoms with Crippen molar-refractivity contribution in [3.63, 3.8) is 0 Å². The monoisotopic (exact) mass is 375 g/mol. The van der Waals surface area contributed by atoms with Crippen molar-refractivity contribution in [2.75, 3.05) is 26.2 Å². The summed E-state index contributed by atoms with van der Waals surface area (Å²) in [6.07, 6.45) is 13.0. The molecule has 0 aromatic rings. The second kappa shape index (κ2) is 11.3. The van der Waals surface area contributed by atoms with Crippen LogP contribution in [0, 0.1) is 0 Å². The zero-order valence-corrected chi connectivity index (χ0v) is 15.7. The first-order valence-electron chi connectivity index (χ1n) is 8.95. The summed E-state index contributed by atoms with van der Waals surface area (Å²) in [7, 11) is -6.09. The predicted molar refractivity (Wildman–Crippen MR) is 88.4 cm³/mol. The van der Waals surface area contributed by atoms with Gasteiger partial charge in [-0.2, -0.15) is 13.2 Å². The Bertz CT molecular complexity index is 419. The minimum absolute atomic E-state index is 1.37. The summed E-state index contributed by atoms with van der Waals surface area (Å²) in [5, 5.41) is 0. The summed E-state index contributed by atoms with van der Waals surface area (Å²) in [6.45, 7) is 10.5. The molecule has 8 heteroatoms. The van der Waals surface area contributed by atoms with Crippen LogP contribution in [0.15, 0.2) is 0 Å². The molecule has 0 aromatic carbocycles. The molecule has 146 valence electrons. The molecule has 0 amide bonds. The molecular weight excluding hydrogens is 343 g/mol. The van der Waals surface area contributed by atoms with E-state index >= 15 is 0 Å². The van der Waals surface area contributed by atoms with Crippen molar-refractivity contribution < 1.29 is 30.6 Å². The highest BCUT2D eigenvalue weighted by Crippen LogP contribution is 2.22. The number of rotatable bonds is 9. The fraction of sp³-hybridized carbons (Fsp3) is 1.00. The summed E-state index contributed by atoms with van der Waals surface area (Å²) < 4.78 is 60.4. The average molecular weight is 375 g/mol. The van der Waals surface area contributed by atoms with Crippen molar-refractivity contribution >= 4 is 10.1 Å². The molecule has 0 atom stereocenters. The second-order valence-corrected chi connectivity index (χ2v) is 7.98. The van der Waals surface area contributed by atoms with Gasteiger partial charge in [-0.05, 0) is 25.7 Å². The first-order chi connectivity index (χ1) is 11.1. The Hall–Kier alpha value is -0.340. The molecule has 1 fully saturated rings. The lowest BCUT2D eigenvalue weighted by Crippen LogP contribution is -2.46. The number of likely N-dealkylation sites (tertiary alicyclic amines) is 1. The van der Waals surface area contributed by atoms with Crippen LogP contribution in [-0.2, 0) is 10.1 Å². The van der Waals surface area contributed by atoms with E-state index in [1.165, 1.54) is 88.4 Å². The number of unbranched alkanes of at least 4 members (excludes halogenated alkanes) is 5. The molecule has 0 aromatic heterocycles. The van der Waals surface area contributed by atoms with Gasteiger partial charge in [0.25, 0.3) is 0 Å². The molecule has 24 heavy (non-hydrogen) atoms. The molecule has 0 spiro atoms. The predicted octanol–water partition coefficient (Wildman–Crippen LogP) is 4.42. The van der Waals surface area contributed by atoms with Crippen LogP contribution in [0.3, 0.4) is 0 Å². The molecule has 0 bridgehead atoms. The molecule has 0 aliphatic carbocycles. The Morgan fingerprint density at radius 2 is 1.25 bits per heavy atom. The van der Waals surface area contributed by atoms with Crippen LogP contribution in [0.4, 0.5) is 13.2 Å². The van der Waals surface area contributed by atoms with Gasteiger partial charge < -0.3 is 9.04 Å². The zero-order valence-electron chi connectivity index (χ0n) is 14.9. The fourth-order valence-corrected chi connectivity index (χ4v) is 3.14. The molecule has 1 aliphatic heterocycles. The smallest absolute Gasteiger partial charge is 0.485 e. The van der Waals surface area contributed by atoms with E-state index in [0.29, 0.717) is 0 Å². The third-order valence-corrected chi connectivity index (χ3v) is 5.09. The van der Waals surface area contributed by atoms with Crippen molar-refractivity contribution in [1.82, 2.24) is 0 Å². The molecule has 1 aliphatic rings. The van der Waals surface area contributed by atoms with E-state index in [-0.39, 0.29) is 0 Å². The summed E-state index contributed by atoms with van der Waals surface area (Å²) in [6, 6.07) is 0. The van der Waals surface area contributed by atoms with Gasteiger partial charge in [0.15, 0.2) is 10.1 Å². The summed E-state index contributed by atoms with van der Waals surface area (Å²) in [5.41, 5.74) is -5.65. The minimum atomic E-state index is -6.09. The van der Waals surface area contributed by atoms with Gasteiger partial charge in [0.1, 0.15) is 0 Å². The number of halogens is 3. The summed E-state index contributed by atoms with van der Waals surface area (Å²) in [4.78, 5) is 0. The Balaban J connectivity index is 0.000000561. The largest absolute Gasteiger partial charge is 0.741 e. The van der Waals surface area contributed by atoms with Crippen molar-refractivity contribution in [2.45, 2.75) is 77.1 Å². The van der Waals surface area contributed by atoms with Crippen molar-refractivity contribution in [1.29, 1.82) is 0 Å². The molecule has 0 unspecified atom stereocenters. The maximum absolute atomic E-state index is 10.7. The van der Waals surface area contributed by atoms with Crippen molar-refractivity contribution in [2.24, 2.45) is 0 Å². The number of quaternary nitrogens is 1. The lowest BCUT2D eigenvalue weighted by molar-refractivity contribution is -0.917. The SMILES string of the molecule is CCCCCC[N+]1(CCCCC)CCCC1.O=S(=O)([O-])C(F)(F)F. The molecule has 0 saturated carbocycles. The van der Waals surface area contributed by atoms with Gasteiger partial charge >= 0.3 is 5.51 Å². The van der Waals surface area contributed by atoms with Gasteiger partial charge in [0.05, 0.1) is 26.2 Å². The second-order valence-electron chi connectivity index (χ2n) is 6.61. The highest BCUT2D eigenvalue weighted by molar-refractivity contribution is 7.86. The van der Waals surface area contributed by atoms with Gasteiger partial charge in [-0.25, -0.2) is 8.42 Å². The van der Waals surface area contributed by atoms with Gasteiger partial charge in [0, 0.05) is 12.8 Å². The fourth-order valence-electron chi connectivity index (χ4n) is 3.14. The molecule has 1 rings (SSSR count). The van der Waals surface area contributed by atoms with Crippen LogP contribution in [-0.4, -0.2) is 49.1 Å². The normalized spacial score (nSPS) is 17.4. The number of hydrogen-bond donors (Lipinski definition) is 0. The molecule has 0 radical (unpaired) electrons. The van der Waals surface area contributed by atoms with E-state index in [0.717, 1.165) is 0 Å². The maximum atomic E-state index is 10.7. The first-order valence-corrected chi connectivity index (χ1v) is 10.4. The topological polar surface area (TPSA) is 57.2 Å². The lowest BCUT2D eigenvalue weighted by Gasteiger charge is -2.34. The van der Waals surface area contributed by atoms with E-state index in [2.05, 4.69) is 13.8 Å². The number of hydrogen-bond acceptors (Lipinski definition) is 3. The quantitative estimate of drug-likeness (QED) is 0.259. The third kappa shape index (κ3) is 9.84. The van der Waals surface area contributed by atoms with E-state index in [1.54, 1.807) is 0 Å². The van der Waals surface area contributed by atoms with Crippen LogP contribution in [0.25, 0.3) is 0 Å². The van der Waals surface area contributed by atoms with Crippen LogP contribution >= 0.6 is 0 Å². The number of nitrogens with zero attached hydrogens (tertiary/aromatic N) is 1. The zero-order chi connectivity index (χ0) is 18.7. The van der Waals surface area contributed by atoms with Crippen LogP contribution in [0.2, 0.25) is 0 Å². The van der Waals surface area contributed by atoms with E-state index in [9.17, 15) is 13.2 Å². The third-order valence-electron chi connectivity index (χ3n) is 4.52. The van der Waals surface area contributed by atoms with Crippen molar-refractivity contribution in [3.05, 3.63) is 0 Å². The Labute approximate surface area is 144 Å². The molecule has 1 saturated heterocycles. The maximum Gasteiger partial charge on any atom is 0.485 e. The minimum Gasteiger partial charge on any atom is -0.741 e. The van der Waals surface area contributed by atoms with E-state index in [1.807, 2.05) is 0 Å². The number of alkyl halides is 3. The molecular formula is C16H32F3NO3S. The van der Waals surface area contributed by atoms with Gasteiger partial charge in [-0.3, -0.25) is 0 Å². The van der Waals surface area contributed by atoms with E-state index in [4.69, 9.17) is 13.0 Å². The molecule has 1 heterocycles. The Kier molecular flexibility index (Phi) is 11.1. The lowest BCUT2D eigenvalue weighted by atomic mass is 10.1. The Morgan fingerprint density at radius 1 is 0.875 bits per heavy atom. The first kappa shape index (κ1) is 23.7. The van der Waals surface area contributed by atoms with E-state index < -0.39 is 15.6 Å². The van der Waals surface area contributed by atoms with Crippen LogP contribution < -0.4 is 0 Å².